The van der Waals surface area contributed by atoms with Crippen molar-refractivity contribution >= 4 is 17.8 Å². The average Bonchev–Trinajstić information content (AvgIpc) is 2.80. The molecule has 0 aromatic rings. The first-order valence-corrected chi connectivity index (χ1v) is 5.88. The second kappa shape index (κ2) is 6.34. The number of carbonyl (C=O) groups is 3. The van der Waals surface area contributed by atoms with E-state index in [0.29, 0.717) is 6.42 Å². The number of rotatable bonds is 6. The van der Waals surface area contributed by atoms with Crippen molar-refractivity contribution in [1.82, 2.24) is 10.2 Å². The van der Waals surface area contributed by atoms with Crippen LogP contribution in [0.2, 0.25) is 0 Å². The summed E-state index contributed by atoms with van der Waals surface area (Å²) in [6.45, 7) is 0.747. The van der Waals surface area contributed by atoms with E-state index in [4.69, 9.17) is 10.2 Å². The molecule has 1 rings (SSSR count). The van der Waals surface area contributed by atoms with Gasteiger partial charge in [-0.3, -0.25) is 9.59 Å². The molecule has 0 radical (unpaired) electrons. The Hall–Kier alpha value is -1.63. The lowest BCUT2D eigenvalue weighted by atomic mass is 10.1. The summed E-state index contributed by atoms with van der Waals surface area (Å²) in [5.41, 5.74) is 0. The molecule has 1 saturated heterocycles. The van der Waals surface area contributed by atoms with Gasteiger partial charge in [-0.15, -0.1) is 0 Å². The first kappa shape index (κ1) is 14.4. The van der Waals surface area contributed by atoms with E-state index >= 15 is 0 Å². The molecule has 0 aliphatic carbocycles. The van der Waals surface area contributed by atoms with Gasteiger partial charge in [0.25, 0.3) is 0 Å². The molecule has 1 aliphatic rings. The summed E-state index contributed by atoms with van der Waals surface area (Å²) >= 11 is 0. The predicted octanol–water partition coefficient (Wildman–Crippen LogP) is -0.485. The van der Waals surface area contributed by atoms with Crippen molar-refractivity contribution in [2.75, 3.05) is 13.6 Å². The maximum atomic E-state index is 12.0. The van der Waals surface area contributed by atoms with Crippen molar-refractivity contribution in [1.29, 1.82) is 0 Å². The normalized spacial score (nSPS) is 20.4. The van der Waals surface area contributed by atoms with Gasteiger partial charge in [0.1, 0.15) is 6.04 Å². The number of likely N-dealkylation sites (N-methyl/N-ethyl adjacent to an activating group) is 1. The molecule has 1 aliphatic heterocycles. The highest BCUT2D eigenvalue weighted by atomic mass is 16.4. The van der Waals surface area contributed by atoms with Gasteiger partial charge in [0, 0.05) is 13.5 Å². The fourth-order valence-electron chi connectivity index (χ4n) is 2.04. The zero-order valence-corrected chi connectivity index (χ0v) is 10.3. The summed E-state index contributed by atoms with van der Waals surface area (Å²) in [6.07, 6.45) is 1.22. The van der Waals surface area contributed by atoms with Crippen molar-refractivity contribution < 1.29 is 24.6 Å². The topological polar surface area (TPSA) is 107 Å². The van der Waals surface area contributed by atoms with Crippen LogP contribution >= 0.6 is 0 Å². The van der Waals surface area contributed by atoms with E-state index in [1.54, 1.807) is 0 Å². The van der Waals surface area contributed by atoms with Crippen LogP contribution in [0.3, 0.4) is 0 Å². The molecule has 2 atom stereocenters. The van der Waals surface area contributed by atoms with Gasteiger partial charge in [-0.25, -0.2) is 4.79 Å². The summed E-state index contributed by atoms with van der Waals surface area (Å²) in [5.74, 6) is -2.53. The Bertz CT molecular complexity index is 338. The minimum absolute atomic E-state index is 0.0837. The number of carbonyl (C=O) groups excluding carboxylic acids is 1. The fraction of sp³-hybridized carbons (Fsp3) is 0.727. The van der Waals surface area contributed by atoms with Crippen LogP contribution in [0.1, 0.15) is 25.7 Å². The second-order valence-corrected chi connectivity index (χ2v) is 4.38. The highest BCUT2D eigenvalue weighted by Crippen LogP contribution is 2.12. The van der Waals surface area contributed by atoms with Crippen LogP contribution in [0, 0.1) is 0 Å². The molecule has 0 unspecified atom stereocenters. The van der Waals surface area contributed by atoms with Crippen molar-refractivity contribution in [3.8, 4) is 0 Å². The Morgan fingerprint density at radius 1 is 1.39 bits per heavy atom. The molecular formula is C11H18N2O5. The molecule has 7 heteroatoms. The van der Waals surface area contributed by atoms with Crippen LogP contribution in [0.15, 0.2) is 0 Å². The van der Waals surface area contributed by atoms with Crippen LogP contribution in [-0.2, 0) is 14.4 Å². The maximum Gasteiger partial charge on any atom is 0.326 e. The largest absolute Gasteiger partial charge is 0.481 e. The Morgan fingerprint density at radius 2 is 2.06 bits per heavy atom. The summed E-state index contributed by atoms with van der Waals surface area (Å²) < 4.78 is 0. The highest BCUT2D eigenvalue weighted by molar-refractivity contribution is 5.87. The van der Waals surface area contributed by atoms with Gasteiger partial charge in [0.15, 0.2) is 0 Å². The summed E-state index contributed by atoms with van der Waals surface area (Å²) in [7, 11) is 1.41. The van der Waals surface area contributed by atoms with E-state index < -0.39 is 18.0 Å². The Kier molecular flexibility index (Phi) is 5.08. The second-order valence-electron chi connectivity index (χ2n) is 4.38. The molecule has 18 heavy (non-hydrogen) atoms. The Morgan fingerprint density at radius 3 is 2.50 bits per heavy atom. The molecule has 1 heterocycles. The minimum atomic E-state index is -1.18. The fourth-order valence-corrected chi connectivity index (χ4v) is 2.04. The van der Waals surface area contributed by atoms with Crippen molar-refractivity contribution in [2.24, 2.45) is 0 Å². The lowest BCUT2D eigenvalue weighted by molar-refractivity contribution is -0.150. The lowest BCUT2D eigenvalue weighted by Gasteiger charge is -2.27. The Labute approximate surface area is 105 Å². The van der Waals surface area contributed by atoms with Gasteiger partial charge in [0.05, 0.1) is 6.04 Å². The first-order chi connectivity index (χ1) is 8.43. The number of nitrogens with zero attached hydrogens (tertiary/aromatic N) is 1. The lowest BCUT2D eigenvalue weighted by Crippen LogP contribution is -2.49. The smallest absolute Gasteiger partial charge is 0.326 e. The van der Waals surface area contributed by atoms with E-state index in [2.05, 4.69) is 5.32 Å². The zero-order chi connectivity index (χ0) is 13.7. The van der Waals surface area contributed by atoms with E-state index in [9.17, 15) is 14.4 Å². The summed E-state index contributed by atoms with van der Waals surface area (Å²) in [6, 6.07) is -1.43. The van der Waals surface area contributed by atoms with Gasteiger partial charge in [-0.05, 0) is 25.8 Å². The SMILES string of the molecule is CN(C(=O)[C@@H]1CCCN1)[C@@H](CCC(=O)O)C(=O)O. The van der Waals surface area contributed by atoms with E-state index in [-0.39, 0.29) is 24.8 Å². The number of nitrogens with one attached hydrogen (secondary N) is 1. The number of aliphatic carboxylic acids is 2. The van der Waals surface area contributed by atoms with Crippen molar-refractivity contribution in [2.45, 2.75) is 37.8 Å². The predicted molar refractivity (Wildman–Crippen MR) is 62.1 cm³/mol. The molecule has 0 spiro atoms. The van der Waals surface area contributed by atoms with Crippen molar-refractivity contribution in [3.05, 3.63) is 0 Å². The number of carboxylic acids is 2. The molecule has 0 aromatic carbocycles. The average molecular weight is 258 g/mol. The number of hydrogen-bond donors (Lipinski definition) is 3. The van der Waals surface area contributed by atoms with Gasteiger partial charge < -0.3 is 20.4 Å². The van der Waals surface area contributed by atoms with E-state index in [1.165, 1.54) is 7.05 Å². The van der Waals surface area contributed by atoms with Gasteiger partial charge in [-0.1, -0.05) is 0 Å². The van der Waals surface area contributed by atoms with Gasteiger partial charge in [0.2, 0.25) is 5.91 Å². The van der Waals surface area contributed by atoms with Gasteiger partial charge >= 0.3 is 11.9 Å². The molecule has 7 nitrogen and oxygen atoms in total. The molecule has 0 saturated carbocycles. The molecule has 0 bridgehead atoms. The van der Waals surface area contributed by atoms with Crippen molar-refractivity contribution in [3.63, 3.8) is 0 Å². The minimum Gasteiger partial charge on any atom is -0.481 e. The summed E-state index contributed by atoms with van der Waals surface area (Å²) in [4.78, 5) is 34.7. The Balaban J connectivity index is 2.62. The quantitative estimate of drug-likeness (QED) is 0.593. The van der Waals surface area contributed by atoms with Crippen LogP contribution < -0.4 is 5.32 Å². The van der Waals surface area contributed by atoms with E-state index in [0.717, 1.165) is 17.9 Å². The third-order valence-electron chi connectivity index (χ3n) is 3.09. The van der Waals surface area contributed by atoms with Gasteiger partial charge in [-0.2, -0.15) is 0 Å². The molecule has 3 N–H and O–H groups in total. The number of carboxylic acid groups (broad SMARTS) is 2. The number of amides is 1. The molecule has 1 fully saturated rings. The monoisotopic (exact) mass is 258 g/mol. The molecule has 1 amide bonds. The van der Waals surface area contributed by atoms with Crippen LogP contribution in [0.4, 0.5) is 0 Å². The highest BCUT2D eigenvalue weighted by Gasteiger charge is 2.32. The molecule has 0 aromatic heterocycles. The van der Waals surface area contributed by atoms with Crippen LogP contribution in [0.5, 0.6) is 0 Å². The molecular weight excluding hydrogens is 240 g/mol. The first-order valence-electron chi connectivity index (χ1n) is 5.88. The van der Waals surface area contributed by atoms with E-state index in [1.807, 2.05) is 0 Å². The standard InChI is InChI=1S/C11H18N2O5/c1-13(10(16)7-3-2-6-12-7)8(11(17)18)4-5-9(14)15/h7-8,12H,2-6H2,1H3,(H,14,15)(H,17,18)/t7-,8-/m0/s1. The molecule has 102 valence electrons. The zero-order valence-electron chi connectivity index (χ0n) is 10.3. The third kappa shape index (κ3) is 3.69. The number of hydrogen-bond acceptors (Lipinski definition) is 4. The maximum absolute atomic E-state index is 12.0. The van der Waals surface area contributed by atoms with Crippen LogP contribution in [0.25, 0.3) is 0 Å². The summed E-state index contributed by atoms with van der Waals surface area (Å²) in [5, 5.41) is 20.6. The third-order valence-corrected chi connectivity index (χ3v) is 3.09. The van der Waals surface area contributed by atoms with Crippen LogP contribution in [-0.4, -0.2) is 58.6 Å².